The number of nitrogens with zero attached hydrogens (tertiary/aromatic N) is 3. The maximum atomic E-state index is 4.76. The highest BCUT2D eigenvalue weighted by atomic mass is 32.1. The second-order valence-electron chi connectivity index (χ2n) is 6.71. The van der Waals surface area contributed by atoms with Crippen molar-refractivity contribution in [1.82, 2.24) is 19.6 Å². The van der Waals surface area contributed by atoms with Crippen molar-refractivity contribution in [2.45, 2.75) is 50.2 Å². The molecule has 3 unspecified atom stereocenters. The molecule has 2 fully saturated rings. The summed E-state index contributed by atoms with van der Waals surface area (Å²) in [5.41, 5.74) is 1.23. The molecule has 0 saturated carbocycles. The third-order valence-corrected chi connectivity index (χ3v) is 6.42. The summed E-state index contributed by atoms with van der Waals surface area (Å²) in [6.45, 7) is 0. The number of imidazole rings is 1. The Balaban J connectivity index is 1.48. The van der Waals surface area contributed by atoms with Crippen LogP contribution in [-0.2, 0) is 6.42 Å². The Hall–Kier alpha value is -0.910. The Bertz CT molecular complexity index is 576. The fourth-order valence-electron chi connectivity index (χ4n) is 4.39. The molecule has 2 saturated heterocycles. The number of nitrogens with one attached hydrogen (secondary N) is 1. The molecule has 1 N–H and O–H groups in total. The van der Waals surface area contributed by atoms with Gasteiger partial charge in [0.25, 0.3) is 0 Å². The van der Waals surface area contributed by atoms with E-state index in [-0.39, 0.29) is 0 Å². The summed E-state index contributed by atoms with van der Waals surface area (Å²) in [6, 6.07) is 2.19. The number of hydrogen-bond acceptors (Lipinski definition) is 4. The minimum Gasteiger partial charge on any atom is -0.316 e. The van der Waals surface area contributed by atoms with E-state index in [0.29, 0.717) is 6.04 Å². The number of aromatic nitrogens is 2. The molecule has 2 bridgehead atoms. The second-order valence-corrected chi connectivity index (χ2v) is 7.58. The highest BCUT2D eigenvalue weighted by Gasteiger charge is 2.40. The zero-order valence-electron chi connectivity index (χ0n) is 12.8. The van der Waals surface area contributed by atoms with Crippen molar-refractivity contribution in [3.8, 4) is 0 Å². The molecule has 3 atom stereocenters. The zero-order chi connectivity index (χ0) is 14.4. The predicted molar refractivity (Wildman–Crippen MR) is 86.9 cm³/mol. The molecule has 2 aliphatic rings. The number of fused-ring (bicyclic) bond motifs is 3. The van der Waals surface area contributed by atoms with Crippen LogP contribution in [-0.4, -0.2) is 46.5 Å². The fraction of sp³-hybridized carbons (Fsp3) is 0.688. The van der Waals surface area contributed by atoms with Gasteiger partial charge in [-0.2, -0.15) is 0 Å². The van der Waals surface area contributed by atoms with Gasteiger partial charge in [-0.1, -0.05) is 0 Å². The minimum absolute atomic E-state index is 0.561. The first-order valence-corrected chi connectivity index (χ1v) is 8.93. The van der Waals surface area contributed by atoms with Crippen LogP contribution in [0.15, 0.2) is 17.8 Å². The van der Waals surface area contributed by atoms with Crippen LogP contribution in [0.25, 0.3) is 4.96 Å². The third kappa shape index (κ3) is 2.41. The van der Waals surface area contributed by atoms with E-state index in [2.05, 4.69) is 46.5 Å². The number of likely N-dealkylation sites (N-methyl/N-ethyl adjacent to an activating group) is 1. The monoisotopic (exact) mass is 304 g/mol. The van der Waals surface area contributed by atoms with E-state index in [9.17, 15) is 0 Å². The van der Waals surface area contributed by atoms with Crippen molar-refractivity contribution in [3.63, 3.8) is 0 Å². The molecule has 0 spiro atoms. The van der Waals surface area contributed by atoms with Crippen molar-refractivity contribution in [3.05, 3.63) is 23.5 Å². The van der Waals surface area contributed by atoms with Crippen LogP contribution in [0, 0.1) is 5.92 Å². The van der Waals surface area contributed by atoms with Crippen LogP contribution >= 0.6 is 11.3 Å². The molecule has 2 aromatic heterocycles. The van der Waals surface area contributed by atoms with Crippen molar-refractivity contribution in [2.75, 3.05) is 14.1 Å². The number of rotatable bonds is 4. The lowest BCUT2D eigenvalue weighted by atomic mass is 9.83. The summed E-state index contributed by atoms with van der Waals surface area (Å²) in [4.78, 5) is 8.49. The van der Waals surface area contributed by atoms with E-state index in [1.54, 1.807) is 11.3 Å². The smallest absolute Gasteiger partial charge is 0.193 e. The highest BCUT2D eigenvalue weighted by Crippen LogP contribution is 2.39. The standard InChI is InChI=1S/C16H24N4S/c1-17-15(9-12-10-20-5-6-21-16(20)18-12)11-7-13-3-4-14(8-11)19(13)2/h5-6,10-11,13-15,17H,3-4,7-9H2,1-2H3. The SMILES string of the molecule is CNC(Cc1cn2ccsc2n1)C1CC2CCC(C1)N2C. The third-order valence-electron chi connectivity index (χ3n) is 5.65. The molecule has 0 radical (unpaired) electrons. The van der Waals surface area contributed by atoms with Gasteiger partial charge < -0.3 is 10.2 Å². The molecule has 5 heteroatoms. The molecule has 0 aromatic carbocycles. The predicted octanol–water partition coefficient (Wildman–Crippen LogP) is 2.40. The summed E-state index contributed by atoms with van der Waals surface area (Å²) in [7, 11) is 4.43. The van der Waals surface area contributed by atoms with Gasteiger partial charge >= 0.3 is 0 Å². The molecule has 0 aliphatic carbocycles. The van der Waals surface area contributed by atoms with Crippen molar-refractivity contribution >= 4 is 16.3 Å². The Morgan fingerprint density at radius 1 is 1.38 bits per heavy atom. The highest BCUT2D eigenvalue weighted by molar-refractivity contribution is 7.15. The molecule has 2 aromatic rings. The zero-order valence-corrected chi connectivity index (χ0v) is 13.6. The fourth-order valence-corrected chi connectivity index (χ4v) is 5.11. The van der Waals surface area contributed by atoms with Crippen molar-refractivity contribution < 1.29 is 0 Å². The lowest BCUT2D eigenvalue weighted by Crippen LogP contribution is -2.47. The van der Waals surface area contributed by atoms with Gasteiger partial charge in [0.05, 0.1) is 5.69 Å². The van der Waals surface area contributed by atoms with Gasteiger partial charge in [-0.3, -0.25) is 4.40 Å². The summed E-state index contributed by atoms with van der Waals surface area (Å²) in [6.07, 6.45) is 10.8. The van der Waals surface area contributed by atoms with Gasteiger partial charge in [0.15, 0.2) is 4.96 Å². The lowest BCUT2D eigenvalue weighted by Gasteiger charge is -2.39. The Morgan fingerprint density at radius 2 is 2.14 bits per heavy atom. The van der Waals surface area contributed by atoms with E-state index in [1.165, 1.54) is 31.4 Å². The van der Waals surface area contributed by atoms with Crippen LogP contribution in [0.1, 0.15) is 31.4 Å². The maximum absolute atomic E-state index is 4.76. The topological polar surface area (TPSA) is 32.6 Å². The quantitative estimate of drug-likeness (QED) is 0.941. The first kappa shape index (κ1) is 13.7. The Labute approximate surface area is 130 Å². The van der Waals surface area contributed by atoms with Crippen LogP contribution < -0.4 is 5.32 Å². The van der Waals surface area contributed by atoms with Crippen LogP contribution in [0.4, 0.5) is 0 Å². The summed E-state index contributed by atoms with van der Waals surface area (Å²) in [5.74, 6) is 0.795. The van der Waals surface area contributed by atoms with Gasteiger partial charge in [-0.25, -0.2) is 4.98 Å². The van der Waals surface area contributed by atoms with Crippen LogP contribution in [0.3, 0.4) is 0 Å². The maximum Gasteiger partial charge on any atom is 0.193 e. The first-order chi connectivity index (χ1) is 10.2. The van der Waals surface area contributed by atoms with E-state index in [4.69, 9.17) is 4.98 Å². The normalized spacial score (nSPS) is 31.0. The molecular formula is C16H24N4S. The van der Waals surface area contributed by atoms with E-state index < -0.39 is 0 Å². The first-order valence-electron chi connectivity index (χ1n) is 8.05. The largest absolute Gasteiger partial charge is 0.316 e. The van der Waals surface area contributed by atoms with Crippen molar-refractivity contribution in [2.24, 2.45) is 5.92 Å². The average Bonchev–Trinajstić information content (AvgIpc) is 3.09. The average molecular weight is 304 g/mol. The summed E-state index contributed by atoms with van der Waals surface area (Å²) >= 11 is 1.71. The molecule has 4 rings (SSSR count). The summed E-state index contributed by atoms with van der Waals surface area (Å²) < 4.78 is 2.14. The van der Waals surface area contributed by atoms with E-state index >= 15 is 0 Å². The van der Waals surface area contributed by atoms with E-state index in [1.807, 2.05) is 0 Å². The molecular weight excluding hydrogens is 280 g/mol. The molecule has 21 heavy (non-hydrogen) atoms. The lowest BCUT2D eigenvalue weighted by molar-refractivity contribution is 0.114. The molecule has 2 aliphatic heterocycles. The van der Waals surface area contributed by atoms with Gasteiger partial charge in [0.2, 0.25) is 0 Å². The van der Waals surface area contributed by atoms with Crippen LogP contribution in [0.2, 0.25) is 0 Å². The number of piperidine rings is 1. The molecule has 114 valence electrons. The van der Waals surface area contributed by atoms with Crippen molar-refractivity contribution in [1.29, 1.82) is 0 Å². The van der Waals surface area contributed by atoms with Gasteiger partial charge in [-0.15, -0.1) is 11.3 Å². The van der Waals surface area contributed by atoms with Crippen LogP contribution in [0.5, 0.6) is 0 Å². The molecule has 4 nitrogen and oxygen atoms in total. The molecule has 0 amide bonds. The minimum atomic E-state index is 0.561. The Morgan fingerprint density at radius 3 is 2.81 bits per heavy atom. The van der Waals surface area contributed by atoms with Gasteiger partial charge in [0.1, 0.15) is 0 Å². The van der Waals surface area contributed by atoms with Gasteiger partial charge in [0, 0.05) is 42.3 Å². The number of hydrogen-bond donors (Lipinski definition) is 1. The second kappa shape index (κ2) is 5.38. The molecule has 4 heterocycles. The van der Waals surface area contributed by atoms with E-state index in [0.717, 1.165) is 29.4 Å². The summed E-state index contributed by atoms with van der Waals surface area (Å²) in [5, 5.41) is 5.67. The number of thiazole rings is 1. The Kier molecular flexibility index (Phi) is 3.52. The van der Waals surface area contributed by atoms with Gasteiger partial charge in [-0.05, 0) is 45.7 Å².